The van der Waals surface area contributed by atoms with Crippen molar-refractivity contribution in [3.63, 3.8) is 0 Å². The first-order chi connectivity index (χ1) is 15.9. The zero-order valence-electron chi connectivity index (χ0n) is 16.7. The van der Waals surface area contributed by atoms with E-state index >= 15 is 0 Å². The number of ether oxygens (including phenoxy) is 2. The summed E-state index contributed by atoms with van der Waals surface area (Å²) in [6.07, 6.45) is -3.32. The number of carbonyl (C=O) groups excluding carboxylic acids is 1. The summed E-state index contributed by atoms with van der Waals surface area (Å²) in [5, 5.41) is 9.39. The number of hydrazone groups is 1. The fourth-order valence-electron chi connectivity index (χ4n) is 3.20. The average Bonchev–Trinajstić information content (AvgIpc) is 3.47. The highest BCUT2D eigenvalue weighted by molar-refractivity contribution is 7.13. The molecule has 1 amide bonds. The van der Waals surface area contributed by atoms with Crippen LogP contribution in [-0.2, 0) is 6.18 Å². The van der Waals surface area contributed by atoms with Gasteiger partial charge in [-0.15, -0.1) is 11.3 Å². The molecular weight excluding hydrogens is 459 g/mol. The number of nitrogens with one attached hydrogen (secondary N) is 1. The normalized spacial score (nSPS) is 13.5. The summed E-state index contributed by atoms with van der Waals surface area (Å²) in [6.45, 7) is 0.898. The predicted molar refractivity (Wildman–Crippen MR) is 114 cm³/mol. The Morgan fingerprint density at radius 2 is 1.97 bits per heavy atom. The minimum Gasteiger partial charge on any atom is -0.486 e. The van der Waals surface area contributed by atoms with Crippen LogP contribution in [-0.4, -0.2) is 39.9 Å². The molecule has 0 unspecified atom stereocenters. The fourth-order valence-corrected chi connectivity index (χ4v) is 3.89. The summed E-state index contributed by atoms with van der Waals surface area (Å²) in [5.74, 6) is 0.395. The zero-order chi connectivity index (χ0) is 23.0. The van der Waals surface area contributed by atoms with Gasteiger partial charge in [0.25, 0.3) is 5.91 Å². The Balaban J connectivity index is 1.40. The third-order valence-electron chi connectivity index (χ3n) is 4.67. The van der Waals surface area contributed by atoms with Crippen LogP contribution in [0.15, 0.2) is 52.9 Å². The van der Waals surface area contributed by atoms with Crippen molar-refractivity contribution < 1.29 is 27.4 Å². The molecule has 0 saturated carbocycles. The van der Waals surface area contributed by atoms with Crippen molar-refractivity contribution in [2.24, 2.45) is 5.10 Å². The van der Waals surface area contributed by atoms with E-state index in [9.17, 15) is 18.0 Å². The molecule has 168 valence electrons. The SMILES string of the molecule is O=C(N/N=C\c1ccc2c(c1)OCCO2)c1cc2nc(-c3cccs3)cc(C(F)(F)F)n2n1. The second-order valence-electron chi connectivity index (χ2n) is 6.90. The summed E-state index contributed by atoms with van der Waals surface area (Å²) in [6, 6.07) is 10.6. The van der Waals surface area contributed by atoms with Crippen molar-refractivity contribution in [1.29, 1.82) is 0 Å². The third kappa shape index (κ3) is 4.24. The van der Waals surface area contributed by atoms with E-state index in [-0.39, 0.29) is 17.0 Å². The number of thiophene rings is 1. The molecule has 0 spiro atoms. The number of rotatable bonds is 4. The molecule has 4 heterocycles. The lowest BCUT2D eigenvalue weighted by Gasteiger charge is -2.18. The molecule has 3 aromatic heterocycles. The number of nitrogens with zero attached hydrogens (tertiary/aromatic N) is 4. The van der Waals surface area contributed by atoms with Crippen molar-refractivity contribution in [3.05, 3.63) is 64.8 Å². The first kappa shape index (κ1) is 20.9. The summed E-state index contributed by atoms with van der Waals surface area (Å²) >= 11 is 1.26. The average molecular weight is 473 g/mol. The minimum absolute atomic E-state index is 0.103. The maximum Gasteiger partial charge on any atom is 0.433 e. The molecule has 0 atom stereocenters. The van der Waals surface area contributed by atoms with Crippen LogP contribution in [0.5, 0.6) is 11.5 Å². The molecule has 1 aromatic carbocycles. The molecule has 0 radical (unpaired) electrons. The molecule has 0 bridgehead atoms. The van der Waals surface area contributed by atoms with Gasteiger partial charge >= 0.3 is 6.18 Å². The van der Waals surface area contributed by atoms with Crippen LogP contribution in [0, 0.1) is 0 Å². The number of carbonyl (C=O) groups is 1. The molecule has 1 aliphatic heterocycles. The van der Waals surface area contributed by atoms with E-state index in [1.807, 2.05) is 0 Å². The molecule has 0 fully saturated rings. The Hall–Kier alpha value is -3.93. The van der Waals surface area contributed by atoms with Gasteiger partial charge in [-0.05, 0) is 41.3 Å². The number of fused-ring (bicyclic) bond motifs is 2. The number of alkyl halides is 3. The predicted octanol–water partition coefficient (Wildman–Crippen LogP) is 4.01. The Morgan fingerprint density at radius 1 is 1.15 bits per heavy atom. The highest BCUT2D eigenvalue weighted by Gasteiger charge is 2.35. The molecule has 12 heteroatoms. The van der Waals surface area contributed by atoms with E-state index in [0.29, 0.717) is 39.7 Å². The summed E-state index contributed by atoms with van der Waals surface area (Å²) in [4.78, 5) is 17.3. The van der Waals surface area contributed by atoms with Gasteiger partial charge in [-0.3, -0.25) is 4.79 Å². The van der Waals surface area contributed by atoms with E-state index in [4.69, 9.17) is 9.47 Å². The van der Waals surface area contributed by atoms with Crippen molar-refractivity contribution in [2.75, 3.05) is 13.2 Å². The molecule has 1 N–H and O–H groups in total. The lowest BCUT2D eigenvalue weighted by Crippen LogP contribution is -2.19. The van der Waals surface area contributed by atoms with Crippen molar-refractivity contribution in [1.82, 2.24) is 20.0 Å². The molecule has 5 rings (SSSR count). The second-order valence-corrected chi connectivity index (χ2v) is 7.85. The van der Waals surface area contributed by atoms with E-state index in [1.165, 1.54) is 23.6 Å². The highest BCUT2D eigenvalue weighted by Crippen LogP contribution is 2.33. The number of halogens is 3. The van der Waals surface area contributed by atoms with E-state index < -0.39 is 17.8 Å². The molecule has 33 heavy (non-hydrogen) atoms. The van der Waals surface area contributed by atoms with Gasteiger partial charge in [-0.1, -0.05) is 6.07 Å². The van der Waals surface area contributed by atoms with Crippen molar-refractivity contribution >= 4 is 29.1 Å². The van der Waals surface area contributed by atoms with Gasteiger partial charge in [0.05, 0.1) is 16.8 Å². The number of benzene rings is 1. The maximum atomic E-state index is 13.6. The van der Waals surface area contributed by atoms with Gasteiger partial charge in [-0.25, -0.2) is 14.9 Å². The van der Waals surface area contributed by atoms with Crippen LogP contribution < -0.4 is 14.9 Å². The smallest absolute Gasteiger partial charge is 0.433 e. The van der Waals surface area contributed by atoms with Crippen molar-refractivity contribution in [3.8, 4) is 22.1 Å². The zero-order valence-corrected chi connectivity index (χ0v) is 17.5. The van der Waals surface area contributed by atoms with Gasteiger partial charge in [0.15, 0.2) is 28.5 Å². The lowest BCUT2D eigenvalue weighted by molar-refractivity contribution is -0.142. The van der Waals surface area contributed by atoms with Gasteiger partial charge in [0.1, 0.15) is 13.2 Å². The van der Waals surface area contributed by atoms with Crippen molar-refractivity contribution in [2.45, 2.75) is 6.18 Å². The van der Waals surface area contributed by atoms with E-state index in [2.05, 4.69) is 20.6 Å². The van der Waals surface area contributed by atoms with Gasteiger partial charge < -0.3 is 9.47 Å². The largest absolute Gasteiger partial charge is 0.486 e. The van der Waals surface area contributed by atoms with Crippen LogP contribution in [0.4, 0.5) is 13.2 Å². The van der Waals surface area contributed by atoms with E-state index in [1.54, 1.807) is 35.7 Å². The lowest BCUT2D eigenvalue weighted by atomic mass is 10.2. The molecular formula is C21H14F3N5O3S. The molecule has 8 nitrogen and oxygen atoms in total. The van der Waals surface area contributed by atoms with Crippen LogP contribution in [0.25, 0.3) is 16.2 Å². The molecule has 0 saturated heterocycles. The monoisotopic (exact) mass is 473 g/mol. The van der Waals surface area contributed by atoms with E-state index in [0.717, 1.165) is 6.07 Å². The standard InChI is InChI=1S/C21H14F3N5O3S/c22-21(23,24)18-9-13(17-2-1-7-33-17)26-19-10-14(28-29(18)19)20(30)27-25-11-12-3-4-15-16(8-12)32-6-5-31-15/h1-4,7-11H,5-6H2,(H,27,30)/b25-11-. The number of hydrogen-bond donors (Lipinski definition) is 1. The minimum atomic E-state index is -4.69. The Kier molecular flexibility index (Phi) is 5.21. The summed E-state index contributed by atoms with van der Waals surface area (Å²) < 4.78 is 52.4. The first-order valence-electron chi connectivity index (χ1n) is 9.63. The summed E-state index contributed by atoms with van der Waals surface area (Å²) in [7, 11) is 0. The Labute approximate surface area is 188 Å². The summed E-state index contributed by atoms with van der Waals surface area (Å²) in [5.41, 5.74) is 1.66. The molecule has 4 aromatic rings. The van der Waals surface area contributed by atoms with Gasteiger partial charge in [0, 0.05) is 6.07 Å². The number of aromatic nitrogens is 3. The second kappa shape index (κ2) is 8.20. The first-order valence-corrected chi connectivity index (χ1v) is 10.5. The molecule has 1 aliphatic rings. The van der Waals surface area contributed by atoms with Crippen LogP contribution in [0.2, 0.25) is 0 Å². The quantitative estimate of drug-likeness (QED) is 0.357. The number of hydrogen-bond acceptors (Lipinski definition) is 7. The topological polar surface area (TPSA) is 90.1 Å². The van der Waals surface area contributed by atoms with Crippen LogP contribution in [0.1, 0.15) is 21.7 Å². The van der Waals surface area contributed by atoms with Crippen LogP contribution >= 0.6 is 11.3 Å². The third-order valence-corrected chi connectivity index (χ3v) is 5.56. The van der Waals surface area contributed by atoms with Crippen LogP contribution in [0.3, 0.4) is 0 Å². The highest BCUT2D eigenvalue weighted by atomic mass is 32.1. The van der Waals surface area contributed by atoms with Gasteiger partial charge in [0.2, 0.25) is 0 Å². The fraction of sp³-hybridized carbons (Fsp3) is 0.143. The molecule has 0 aliphatic carbocycles. The maximum absolute atomic E-state index is 13.6. The number of amides is 1. The van der Waals surface area contributed by atoms with Gasteiger partial charge in [-0.2, -0.15) is 23.4 Å². The Bertz CT molecular complexity index is 1370. The Morgan fingerprint density at radius 3 is 2.73 bits per heavy atom.